The Hall–Kier alpha value is -3.18. The summed E-state index contributed by atoms with van der Waals surface area (Å²) in [4.78, 5) is 32.4. The van der Waals surface area contributed by atoms with Gasteiger partial charge in [0.05, 0.1) is 23.5 Å². The first-order chi connectivity index (χ1) is 16.9. The molecule has 1 fully saturated rings. The van der Waals surface area contributed by atoms with Crippen LogP contribution in [0.4, 0.5) is 15.4 Å². The number of aromatic nitrogens is 3. The van der Waals surface area contributed by atoms with Gasteiger partial charge in [0.2, 0.25) is 0 Å². The van der Waals surface area contributed by atoms with Crippen molar-refractivity contribution in [3.63, 3.8) is 0 Å². The number of nitrogens with one attached hydrogen (secondary N) is 1. The van der Waals surface area contributed by atoms with Crippen molar-refractivity contribution in [3.8, 4) is 0 Å². The molecule has 2 aliphatic rings. The van der Waals surface area contributed by atoms with Gasteiger partial charge in [-0.2, -0.15) is 9.19 Å². The number of amides is 2. The molecule has 1 atom stereocenters. The molecule has 1 aromatic carbocycles. The molecule has 4 heterocycles. The van der Waals surface area contributed by atoms with Gasteiger partial charge in [0, 0.05) is 26.2 Å². The van der Waals surface area contributed by atoms with Gasteiger partial charge in [-0.1, -0.05) is 31.2 Å². The maximum atomic E-state index is 13.0. The van der Waals surface area contributed by atoms with E-state index in [1.807, 2.05) is 6.92 Å². The first-order valence-corrected chi connectivity index (χ1v) is 12.3. The molecule has 0 bridgehead atoms. The molecule has 3 aromatic rings. The molecule has 186 valence electrons. The van der Waals surface area contributed by atoms with Gasteiger partial charge in [-0.05, 0) is 43.4 Å². The second-order valence-electron chi connectivity index (χ2n) is 9.12. The van der Waals surface area contributed by atoms with Crippen LogP contribution in [0.15, 0.2) is 36.7 Å². The normalized spacial score (nSPS) is 17.9. The van der Waals surface area contributed by atoms with Crippen molar-refractivity contribution in [2.24, 2.45) is 5.92 Å². The zero-order valence-corrected chi connectivity index (χ0v) is 20.7. The topological polar surface area (TPSA) is 109 Å². The van der Waals surface area contributed by atoms with Crippen LogP contribution in [-0.2, 0) is 22.6 Å². The number of fused-ring (bicyclic) bond motifs is 2. The number of nitrogens with zero attached hydrogens (tertiary/aromatic N) is 5. The lowest BCUT2D eigenvalue weighted by molar-refractivity contribution is -0.144. The molecular formula is C24H30FN7O2S. The highest BCUT2D eigenvalue weighted by Crippen LogP contribution is 2.29. The molecule has 35 heavy (non-hydrogen) atoms. The second-order valence-corrected chi connectivity index (χ2v) is 9.60. The van der Waals surface area contributed by atoms with Crippen LogP contribution in [-0.4, -0.2) is 62.5 Å². The first-order valence-electron chi connectivity index (χ1n) is 11.6. The summed E-state index contributed by atoms with van der Waals surface area (Å²) in [6, 6.07) is 8.72. The van der Waals surface area contributed by atoms with E-state index >= 15 is 0 Å². The van der Waals surface area contributed by atoms with E-state index in [2.05, 4.69) is 51.6 Å². The van der Waals surface area contributed by atoms with E-state index < -0.39 is 11.8 Å². The van der Waals surface area contributed by atoms with Crippen LogP contribution in [0, 0.1) is 5.92 Å². The van der Waals surface area contributed by atoms with E-state index in [0.29, 0.717) is 24.4 Å². The van der Waals surface area contributed by atoms with Crippen LogP contribution in [0.3, 0.4) is 0 Å². The SMILES string of the molecule is CC1CCCN(C(=O)C(=O)Nc2cnc(N)c3cnn(SF)c23)C1.CN1CCc2ccccc2C1. The lowest BCUT2D eigenvalue weighted by Crippen LogP contribution is -2.44. The lowest BCUT2D eigenvalue weighted by atomic mass is 10.0. The summed E-state index contributed by atoms with van der Waals surface area (Å²) in [5.74, 6) is -0.858. The monoisotopic (exact) mass is 499 g/mol. The fraction of sp³-hybridized carbons (Fsp3) is 0.417. The maximum absolute atomic E-state index is 13.0. The molecule has 3 N–H and O–H groups in total. The maximum Gasteiger partial charge on any atom is 0.314 e. The van der Waals surface area contributed by atoms with Gasteiger partial charge in [0.25, 0.3) is 0 Å². The Labute approximate surface area is 208 Å². The molecule has 0 aliphatic carbocycles. The van der Waals surface area contributed by atoms with E-state index in [9.17, 15) is 13.5 Å². The Morgan fingerprint density at radius 3 is 2.71 bits per heavy atom. The minimum Gasteiger partial charge on any atom is -0.383 e. The Morgan fingerprint density at radius 2 is 1.97 bits per heavy atom. The molecule has 1 saturated heterocycles. The summed E-state index contributed by atoms with van der Waals surface area (Å²) in [7, 11) is 2.18. The summed E-state index contributed by atoms with van der Waals surface area (Å²) in [6.45, 7) is 5.49. The van der Waals surface area contributed by atoms with Crippen molar-refractivity contribution in [3.05, 3.63) is 47.8 Å². The van der Waals surface area contributed by atoms with Gasteiger partial charge >= 0.3 is 11.8 Å². The average molecular weight is 500 g/mol. The number of halogens is 1. The standard InChI is InChI=1S/C14H17FN6O2S.C10H13N/c1-8-3-2-4-20(7-8)14(23)13(22)19-10-6-17-12(16)9-5-18-21(24-15)11(9)10;1-11-7-6-9-4-2-3-5-10(9)8-11/h5-6,8H,2-4,7H2,1H3,(H2,16,17)(H,19,22);2-5H,6-8H2,1H3. The predicted octanol–water partition coefficient (Wildman–Crippen LogP) is 3.27. The van der Waals surface area contributed by atoms with Gasteiger partial charge in [0.1, 0.15) is 11.3 Å². The third-order valence-electron chi connectivity index (χ3n) is 6.38. The van der Waals surface area contributed by atoms with E-state index in [1.165, 1.54) is 41.4 Å². The Morgan fingerprint density at radius 1 is 1.20 bits per heavy atom. The number of anilines is 2. The predicted molar refractivity (Wildman–Crippen MR) is 136 cm³/mol. The third kappa shape index (κ3) is 5.73. The molecule has 0 spiro atoms. The molecule has 0 radical (unpaired) electrons. The smallest absolute Gasteiger partial charge is 0.314 e. The number of rotatable bonds is 2. The molecule has 9 nitrogen and oxygen atoms in total. The van der Waals surface area contributed by atoms with E-state index in [4.69, 9.17) is 5.73 Å². The quantitative estimate of drug-likeness (QED) is 0.521. The number of nitrogen functional groups attached to an aromatic ring is 1. The number of hydrogen-bond acceptors (Lipinski definition) is 7. The molecule has 0 saturated carbocycles. The van der Waals surface area contributed by atoms with Gasteiger partial charge < -0.3 is 20.9 Å². The fourth-order valence-electron chi connectivity index (χ4n) is 4.51. The molecule has 5 rings (SSSR count). The van der Waals surface area contributed by atoms with Crippen molar-refractivity contribution in [1.82, 2.24) is 24.0 Å². The van der Waals surface area contributed by atoms with Gasteiger partial charge in [-0.3, -0.25) is 9.59 Å². The van der Waals surface area contributed by atoms with Crippen LogP contribution in [0.5, 0.6) is 0 Å². The highest BCUT2D eigenvalue weighted by atomic mass is 32.2. The largest absolute Gasteiger partial charge is 0.383 e. The van der Waals surface area contributed by atoms with Gasteiger partial charge in [-0.25, -0.2) is 4.98 Å². The van der Waals surface area contributed by atoms with Crippen molar-refractivity contribution in [2.45, 2.75) is 32.7 Å². The number of nitrogens with two attached hydrogens (primary N) is 1. The number of likely N-dealkylation sites (tertiary alicyclic amines) is 1. The van der Waals surface area contributed by atoms with Crippen molar-refractivity contribution < 1.29 is 13.5 Å². The van der Waals surface area contributed by atoms with Crippen molar-refractivity contribution in [1.29, 1.82) is 0 Å². The van der Waals surface area contributed by atoms with E-state index in [1.54, 1.807) is 0 Å². The van der Waals surface area contributed by atoms with Crippen molar-refractivity contribution in [2.75, 3.05) is 37.7 Å². The van der Waals surface area contributed by atoms with Crippen LogP contribution in [0.25, 0.3) is 10.9 Å². The number of pyridine rings is 1. The minimum atomic E-state index is -0.784. The molecule has 2 aromatic heterocycles. The summed E-state index contributed by atoms with van der Waals surface area (Å²) >= 11 is -0.133. The summed E-state index contributed by atoms with van der Waals surface area (Å²) in [6.07, 6.45) is 5.77. The molecular weight excluding hydrogens is 469 g/mol. The zero-order valence-electron chi connectivity index (χ0n) is 19.9. The lowest BCUT2D eigenvalue weighted by Gasteiger charge is -2.30. The van der Waals surface area contributed by atoms with Crippen LogP contribution >= 0.6 is 12.3 Å². The second kappa shape index (κ2) is 11.0. The van der Waals surface area contributed by atoms with Crippen LogP contribution in [0.2, 0.25) is 0 Å². The number of hydrogen-bond donors (Lipinski definition) is 2. The molecule has 2 aliphatic heterocycles. The Kier molecular flexibility index (Phi) is 7.86. The van der Waals surface area contributed by atoms with Crippen LogP contribution < -0.4 is 11.1 Å². The van der Waals surface area contributed by atoms with Gasteiger partial charge in [0.15, 0.2) is 12.3 Å². The Balaban J connectivity index is 0.000000218. The summed E-state index contributed by atoms with van der Waals surface area (Å²) in [5, 5.41) is 6.72. The van der Waals surface area contributed by atoms with Gasteiger partial charge in [-0.15, -0.1) is 3.89 Å². The highest BCUT2D eigenvalue weighted by Gasteiger charge is 2.27. The highest BCUT2D eigenvalue weighted by molar-refractivity contribution is 7.92. The summed E-state index contributed by atoms with van der Waals surface area (Å²) < 4.78 is 14.0. The average Bonchev–Trinajstić information content (AvgIpc) is 3.31. The number of carbonyl (C=O) groups excluding carboxylic acids is 2. The number of piperidine rings is 1. The molecule has 11 heteroatoms. The Bertz CT molecular complexity index is 1220. The number of likely N-dealkylation sites (N-methyl/N-ethyl adjacent to an activating group) is 1. The summed E-state index contributed by atoms with van der Waals surface area (Å²) in [5.41, 5.74) is 9.22. The fourth-order valence-corrected chi connectivity index (χ4v) is 4.85. The first kappa shape index (κ1) is 24.9. The number of carbonyl (C=O) groups is 2. The minimum absolute atomic E-state index is 0.133. The van der Waals surface area contributed by atoms with E-state index in [0.717, 1.165) is 23.5 Å². The molecule has 2 amide bonds. The van der Waals surface area contributed by atoms with Crippen molar-refractivity contribution >= 4 is 46.6 Å². The molecule has 1 unspecified atom stereocenters. The number of benzene rings is 1. The zero-order chi connectivity index (χ0) is 24.9. The van der Waals surface area contributed by atoms with Crippen LogP contribution in [0.1, 0.15) is 30.9 Å². The van der Waals surface area contributed by atoms with E-state index in [-0.39, 0.29) is 29.4 Å². The third-order valence-corrected chi connectivity index (χ3v) is 6.78.